The number of nitrogens with zero attached hydrogens (tertiary/aromatic N) is 2. The van der Waals surface area contributed by atoms with Gasteiger partial charge in [-0.3, -0.25) is 4.79 Å². The van der Waals surface area contributed by atoms with Crippen LogP contribution in [0.3, 0.4) is 0 Å². The number of carbonyl (C=O) groups excluding carboxylic acids is 1. The molecule has 1 aromatic carbocycles. The van der Waals surface area contributed by atoms with Gasteiger partial charge >= 0.3 is 0 Å². The fraction of sp³-hybridized carbons (Fsp3) is 0.350. The standard InChI is InChI=1S/C20H24N4OS/c1-11-6-16(19-17(7-11)14(4)15(5)24-19)9-21-18(25)10-26-20-22-12(2)8-13(3)23-20/h6-8,24H,9-10H2,1-5H3,(H,21,25). The van der Waals surface area contributed by atoms with Crippen LogP contribution >= 0.6 is 11.8 Å². The molecule has 2 heterocycles. The van der Waals surface area contributed by atoms with Crippen molar-refractivity contribution in [3.05, 3.63) is 52.0 Å². The van der Waals surface area contributed by atoms with Gasteiger partial charge in [0, 0.05) is 29.0 Å². The highest BCUT2D eigenvalue weighted by Gasteiger charge is 2.11. The Labute approximate surface area is 158 Å². The third kappa shape index (κ3) is 4.07. The number of fused-ring (bicyclic) bond motifs is 1. The molecular formula is C20H24N4OS. The molecule has 0 saturated heterocycles. The molecule has 0 fully saturated rings. The molecule has 26 heavy (non-hydrogen) atoms. The minimum atomic E-state index is -0.0209. The van der Waals surface area contributed by atoms with Gasteiger partial charge in [0.05, 0.1) is 11.3 Å². The zero-order valence-electron chi connectivity index (χ0n) is 15.9. The number of aromatic nitrogens is 3. The monoisotopic (exact) mass is 368 g/mol. The SMILES string of the molecule is Cc1cc(CNC(=O)CSc2nc(C)cc(C)n2)c2[nH]c(C)c(C)c2c1. The normalized spacial score (nSPS) is 11.1. The number of nitrogens with one attached hydrogen (secondary N) is 2. The van der Waals surface area contributed by atoms with Crippen LogP contribution in [0.15, 0.2) is 23.4 Å². The second-order valence-corrected chi connectivity index (χ2v) is 7.66. The molecule has 2 N–H and O–H groups in total. The van der Waals surface area contributed by atoms with Crippen LogP contribution in [0.1, 0.15) is 33.8 Å². The minimum Gasteiger partial charge on any atom is -0.358 e. The number of thioether (sulfide) groups is 1. The molecule has 0 radical (unpaired) electrons. The van der Waals surface area contributed by atoms with Crippen molar-refractivity contribution in [2.45, 2.75) is 46.3 Å². The first-order valence-corrected chi connectivity index (χ1v) is 9.62. The summed E-state index contributed by atoms with van der Waals surface area (Å²) in [6.45, 7) is 10.7. The van der Waals surface area contributed by atoms with Crippen LogP contribution in [0, 0.1) is 34.6 Å². The first-order valence-electron chi connectivity index (χ1n) is 8.63. The van der Waals surface area contributed by atoms with E-state index < -0.39 is 0 Å². The number of aryl methyl sites for hydroxylation is 5. The Morgan fingerprint density at radius 3 is 2.46 bits per heavy atom. The summed E-state index contributed by atoms with van der Waals surface area (Å²) in [4.78, 5) is 24.4. The van der Waals surface area contributed by atoms with Gasteiger partial charge in [-0.1, -0.05) is 23.4 Å². The van der Waals surface area contributed by atoms with Gasteiger partial charge in [-0.2, -0.15) is 0 Å². The quantitative estimate of drug-likeness (QED) is 0.529. The van der Waals surface area contributed by atoms with Crippen molar-refractivity contribution >= 4 is 28.6 Å². The Kier molecular flexibility index (Phi) is 5.32. The highest BCUT2D eigenvalue weighted by Crippen LogP contribution is 2.26. The second-order valence-electron chi connectivity index (χ2n) is 6.72. The topological polar surface area (TPSA) is 70.7 Å². The van der Waals surface area contributed by atoms with Crippen LogP contribution in [0.5, 0.6) is 0 Å². The summed E-state index contributed by atoms with van der Waals surface area (Å²) in [6, 6.07) is 6.23. The number of amides is 1. The molecule has 0 aliphatic heterocycles. The second kappa shape index (κ2) is 7.50. The van der Waals surface area contributed by atoms with Crippen molar-refractivity contribution in [2.24, 2.45) is 0 Å². The number of benzene rings is 1. The van der Waals surface area contributed by atoms with Gasteiger partial charge in [-0.15, -0.1) is 0 Å². The lowest BCUT2D eigenvalue weighted by molar-refractivity contribution is -0.118. The zero-order valence-corrected chi connectivity index (χ0v) is 16.7. The number of carbonyl (C=O) groups is 1. The Morgan fingerprint density at radius 1 is 1.08 bits per heavy atom. The largest absolute Gasteiger partial charge is 0.358 e. The molecule has 136 valence electrons. The van der Waals surface area contributed by atoms with E-state index in [-0.39, 0.29) is 5.91 Å². The van der Waals surface area contributed by atoms with E-state index in [9.17, 15) is 4.79 Å². The molecule has 2 aromatic heterocycles. The molecule has 0 aliphatic rings. The lowest BCUT2D eigenvalue weighted by Crippen LogP contribution is -2.24. The molecule has 6 heteroatoms. The number of hydrogen-bond acceptors (Lipinski definition) is 4. The van der Waals surface area contributed by atoms with Crippen molar-refractivity contribution in [3.8, 4) is 0 Å². The van der Waals surface area contributed by atoms with Gasteiger partial charge in [0.2, 0.25) is 5.91 Å². The van der Waals surface area contributed by atoms with Crippen LogP contribution in [-0.4, -0.2) is 26.6 Å². The third-order valence-electron chi connectivity index (χ3n) is 4.41. The average Bonchev–Trinajstić information content (AvgIpc) is 2.85. The van der Waals surface area contributed by atoms with E-state index in [4.69, 9.17) is 0 Å². The predicted molar refractivity (Wildman–Crippen MR) is 107 cm³/mol. The number of H-pyrrole nitrogens is 1. The van der Waals surface area contributed by atoms with E-state index >= 15 is 0 Å². The van der Waals surface area contributed by atoms with Crippen LogP contribution in [0.2, 0.25) is 0 Å². The molecule has 3 aromatic rings. The smallest absolute Gasteiger partial charge is 0.230 e. The maximum absolute atomic E-state index is 12.3. The first-order chi connectivity index (χ1) is 12.3. The molecule has 0 saturated carbocycles. The molecule has 3 rings (SSSR count). The zero-order chi connectivity index (χ0) is 18.8. The van der Waals surface area contributed by atoms with E-state index in [2.05, 4.69) is 53.2 Å². The van der Waals surface area contributed by atoms with E-state index in [1.165, 1.54) is 34.0 Å². The average molecular weight is 369 g/mol. The maximum Gasteiger partial charge on any atom is 0.230 e. The maximum atomic E-state index is 12.3. The Hall–Kier alpha value is -2.34. The summed E-state index contributed by atoms with van der Waals surface area (Å²) in [7, 11) is 0. The van der Waals surface area contributed by atoms with Gasteiger partial charge in [0.25, 0.3) is 0 Å². The van der Waals surface area contributed by atoms with Crippen LogP contribution < -0.4 is 5.32 Å². The highest BCUT2D eigenvalue weighted by atomic mass is 32.2. The van der Waals surface area contributed by atoms with E-state index in [1.54, 1.807) is 0 Å². The summed E-state index contributed by atoms with van der Waals surface area (Å²) in [5.41, 5.74) is 7.68. The molecule has 0 spiro atoms. The van der Waals surface area contributed by atoms with Crippen molar-refractivity contribution in [2.75, 3.05) is 5.75 Å². The lowest BCUT2D eigenvalue weighted by atomic mass is 10.0. The summed E-state index contributed by atoms with van der Waals surface area (Å²) >= 11 is 1.36. The van der Waals surface area contributed by atoms with Crippen molar-refractivity contribution in [1.82, 2.24) is 20.3 Å². The lowest BCUT2D eigenvalue weighted by Gasteiger charge is -2.08. The van der Waals surface area contributed by atoms with Gasteiger partial charge in [-0.05, 0) is 57.9 Å². The molecule has 0 unspecified atom stereocenters. The molecule has 5 nitrogen and oxygen atoms in total. The van der Waals surface area contributed by atoms with Crippen molar-refractivity contribution in [3.63, 3.8) is 0 Å². The molecule has 0 bridgehead atoms. The molecule has 0 aliphatic carbocycles. The molecule has 0 atom stereocenters. The van der Waals surface area contributed by atoms with E-state index in [0.717, 1.165) is 22.5 Å². The van der Waals surface area contributed by atoms with E-state index in [0.29, 0.717) is 17.5 Å². The molecule has 1 amide bonds. The van der Waals surface area contributed by atoms with Gasteiger partial charge < -0.3 is 10.3 Å². The fourth-order valence-corrected chi connectivity index (χ4v) is 3.84. The number of aromatic amines is 1. The highest BCUT2D eigenvalue weighted by molar-refractivity contribution is 7.99. The van der Waals surface area contributed by atoms with E-state index in [1.807, 2.05) is 19.9 Å². The summed E-state index contributed by atoms with van der Waals surface area (Å²) in [5.74, 6) is 0.285. The number of hydrogen-bond donors (Lipinski definition) is 2. The van der Waals surface area contributed by atoms with Crippen LogP contribution in [0.25, 0.3) is 10.9 Å². The minimum absolute atomic E-state index is 0.0209. The van der Waals surface area contributed by atoms with Crippen molar-refractivity contribution < 1.29 is 4.79 Å². The summed E-state index contributed by atoms with van der Waals surface area (Å²) < 4.78 is 0. The van der Waals surface area contributed by atoms with Crippen LogP contribution in [0.4, 0.5) is 0 Å². The van der Waals surface area contributed by atoms with Gasteiger partial charge in [-0.25, -0.2) is 9.97 Å². The first kappa shape index (κ1) is 18.5. The Bertz CT molecular complexity index is 957. The summed E-state index contributed by atoms with van der Waals surface area (Å²) in [5, 5.41) is 4.88. The number of rotatable bonds is 5. The van der Waals surface area contributed by atoms with Gasteiger partial charge in [0.15, 0.2) is 5.16 Å². The summed E-state index contributed by atoms with van der Waals surface area (Å²) in [6.07, 6.45) is 0. The Morgan fingerprint density at radius 2 is 1.77 bits per heavy atom. The van der Waals surface area contributed by atoms with Crippen LogP contribution in [-0.2, 0) is 11.3 Å². The van der Waals surface area contributed by atoms with Crippen molar-refractivity contribution in [1.29, 1.82) is 0 Å². The fourth-order valence-electron chi connectivity index (χ4n) is 3.06. The Balaban J connectivity index is 1.66. The van der Waals surface area contributed by atoms with Gasteiger partial charge in [0.1, 0.15) is 0 Å². The molecular weight excluding hydrogens is 344 g/mol. The predicted octanol–water partition coefficient (Wildman–Crippen LogP) is 3.91. The third-order valence-corrected chi connectivity index (χ3v) is 5.26.